The van der Waals surface area contributed by atoms with Crippen molar-refractivity contribution >= 4 is 0 Å². The number of benzene rings is 1. The fourth-order valence-electron chi connectivity index (χ4n) is 1.27. The molecule has 0 bridgehead atoms. The Labute approximate surface area is 105 Å². The third-order valence-electron chi connectivity index (χ3n) is 2.01. The molecule has 1 aromatic carbocycles. The number of nitrogens with zero attached hydrogens (tertiary/aromatic N) is 4. The van der Waals surface area contributed by atoms with Crippen LogP contribution in [0.5, 0.6) is 0 Å². The standard InChI is InChI=1S/C12H9N5/c1-2-4-9(5-3-1)11-15-12(17-16-11)10-8-13-6-7-14-10/h1-8H,(H,15,16,17)/i1D,2D,3D,4D,5D. The van der Waals surface area contributed by atoms with Crippen molar-refractivity contribution in [3.8, 4) is 22.9 Å². The van der Waals surface area contributed by atoms with Crippen LogP contribution in [0.25, 0.3) is 22.9 Å². The highest BCUT2D eigenvalue weighted by Crippen LogP contribution is 2.17. The van der Waals surface area contributed by atoms with Gasteiger partial charge in [0.15, 0.2) is 11.6 Å². The van der Waals surface area contributed by atoms with Gasteiger partial charge in [0, 0.05) is 18.0 Å². The van der Waals surface area contributed by atoms with Gasteiger partial charge in [-0.3, -0.25) is 10.1 Å². The summed E-state index contributed by atoms with van der Waals surface area (Å²) >= 11 is 0. The molecule has 5 heteroatoms. The average molecular weight is 228 g/mol. The third kappa shape index (κ3) is 1.90. The molecule has 0 aliphatic rings. The Balaban J connectivity index is 2.16. The minimum Gasteiger partial charge on any atom is -0.261 e. The number of hydrogen-bond donors (Lipinski definition) is 1. The second-order valence-corrected chi connectivity index (χ2v) is 3.10. The predicted octanol–water partition coefficient (Wildman–Crippen LogP) is 1.93. The summed E-state index contributed by atoms with van der Waals surface area (Å²) in [5.41, 5.74) is 0.381. The van der Waals surface area contributed by atoms with Crippen molar-refractivity contribution in [2.75, 3.05) is 0 Å². The fraction of sp³-hybridized carbons (Fsp3) is 0. The Hall–Kier alpha value is -2.56. The molecule has 2 heterocycles. The van der Waals surface area contributed by atoms with Gasteiger partial charge in [-0.05, 0) is 0 Å². The highest BCUT2D eigenvalue weighted by molar-refractivity contribution is 5.58. The first-order valence-corrected chi connectivity index (χ1v) is 4.76. The van der Waals surface area contributed by atoms with E-state index in [4.69, 9.17) is 6.85 Å². The summed E-state index contributed by atoms with van der Waals surface area (Å²) in [6.45, 7) is 0. The molecule has 5 nitrogen and oxygen atoms in total. The zero-order valence-corrected chi connectivity index (χ0v) is 8.52. The summed E-state index contributed by atoms with van der Waals surface area (Å²) in [5, 5.41) is 6.55. The quantitative estimate of drug-likeness (QED) is 0.727. The van der Waals surface area contributed by atoms with Crippen molar-refractivity contribution in [2.24, 2.45) is 0 Å². The maximum absolute atomic E-state index is 7.89. The third-order valence-corrected chi connectivity index (χ3v) is 2.01. The molecule has 0 amide bonds. The molecule has 0 saturated carbocycles. The molecular formula is C12H9N5. The van der Waals surface area contributed by atoms with E-state index < -0.39 is 18.1 Å². The van der Waals surface area contributed by atoms with E-state index in [9.17, 15) is 0 Å². The van der Waals surface area contributed by atoms with Crippen LogP contribution in [0.3, 0.4) is 0 Å². The number of H-pyrrole nitrogens is 1. The normalized spacial score (nSPS) is 14.5. The maximum atomic E-state index is 7.89. The van der Waals surface area contributed by atoms with Crippen LogP contribution in [0.1, 0.15) is 6.85 Å². The lowest BCUT2D eigenvalue weighted by molar-refractivity contribution is 1.08. The van der Waals surface area contributed by atoms with Crippen LogP contribution in [-0.2, 0) is 0 Å². The Bertz CT molecular complexity index is 820. The van der Waals surface area contributed by atoms with Gasteiger partial charge >= 0.3 is 0 Å². The summed E-state index contributed by atoms with van der Waals surface area (Å²) in [4.78, 5) is 12.1. The summed E-state index contributed by atoms with van der Waals surface area (Å²) in [6, 6.07) is -2.02. The Morgan fingerprint density at radius 1 is 1.12 bits per heavy atom. The lowest BCUT2D eigenvalue weighted by Crippen LogP contribution is -1.86. The monoisotopic (exact) mass is 228 g/mol. The van der Waals surface area contributed by atoms with E-state index >= 15 is 0 Å². The zero-order chi connectivity index (χ0) is 15.9. The van der Waals surface area contributed by atoms with Gasteiger partial charge in [0.2, 0.25) is 0 Å². The number of hydrogen-bond acceptors (Lipinski definition) is 4. The van der Waals surface area contributed by atoms with Gasteiger partial charge in [-0.2, -0.15) is 5.10 Å². The molecule has 0 aliphatic heterocycles. The first-order valence-electron chi connectivity index (χ1n) is 7.26. The van der Waals surface area contributed by atoms with Crippen LogP contribution >= 0.6 is 0 Å². The second kappa shape index (κ2) is 4.13. The molecule has 1 N–H and O–H groups in total. The largest absolute Gasteiger partial charge is 0.261 e. The van der Waals surface area contributed by atoms with E-state index in [-0.39, 0.29) is 23.5 Å². The van der Waals surface area contributed by atoms with Crippen LogP contribution < -0.4 is 0 Å². The molecule has 2 aromatic heterocycles. The molecule has 0 atom stereocenters. The van der Waals surface area contributed by atoms with E-state index in [0.717, 1.165) is 0 Å². The zero-order valence-electron chi connectivity index (χ0n) is 13.5. The van der Waals surface area contributed by atoms with Crippen molar-refractivity contribution < 1.29 is 6.85 Å². The summed E-state index contributed by atoms with van der Waals surface area (Å²) in [7, 11) is 0. The lowest BCUT2D eigenvalue weighted by Gasteiger charge is -1.92. The molecule has 0 saturated heterocycles. The van der Waals surface area contributed by atoms with Crippen molar-refractivity contribution in [1.29, 1.82) is 0 Å². The van der Waals surface area contributed by atoms with Gasteiger partial charge in [0.1, 0.15) is 5.69 Å². The SMILES string of the molecule is [2H]c1c([2H])c([2H])c(-c2n[nH]c(-c3cnccn3)n2)c([2H])c1[2H]. The van der Waals surface area contributed by atoms with Crippen molar-refractivity contribution in [3.05, 3.63) is 48.8 Å². The number of nitrogens with one attached hydrogen (secondary N) is 1. The second-order valence-electron chi connectivity index (χ2n) is 3.10. The van der Waals surface area contributed by atoms with Gasteiger partial charge in [-0.1, -0.05) is 30.2 Å². The molecule has 0 spiro atoms. The smallest absolute Gasteiger partial charge is 0.181 e. The maximum Gasteiger partial charge on any atom is 0.181 e. The highest BCUT2D eigenvalue weighted by Gasteiger charge is 2.07. The fourth-order valence-corrected chi connectivity index (χ4v) is 1.27. The molecule has 0 unspecified atom stereocenters. The Morgan fingerprint density at radius 2 is 2.00 bits per heavy atom. The van der Waals surface area contributed by atoms with Crippen LogP contribution in [0.15, 0.2) is 48.8 Å². The number of rotatable bonds is 2. The van der Waals surface area contributed by atoms with E-state index in [1.165, 1.54) is 18.6 Å². The van der Waals surface area contributed by atoms with Gasteiger partial charge in [0.05, 0.1) is 13.1 Å². The molecule has 3 aromatic rings. The summed E-state index contributed by atoms with van der Waals surface area (Å²) in [6.07, 6.45) is 4.48. The number of aromatic amines is 1. The van der Waals surface area contributed by atoms with Crippen molar-refractivity contribution in [1.82, 2.24) is 25.1 Å². The topological polar surface area (TPSA) is 67.3 Å². The van der Waals surface area contributed by atoms with Crippen LogP contribution in [-0.4, -0.2) is 25.1 Å². The summed E-state index contributed by atoms with van der Waals surface area (Å²) in [5.74, 6) is 0.313. The molecule has 82 valence electrons. The van der Waals surface area contributed by atoms with Crippen LogP contribution in [0, 0.1) is 0 Å². The predicted molar refractivity (Wildman–Crippen MR) is 62.8 cm³/mol. The first kappa shape index (κ1) is 5.67. The molecular weight excluding hydrogens is 214 g/mol. The summed E-state index contributed by atoms with van der Waals surface area (Å²) < 4.78 is 38.7. The molecule has 0 aliphatic carbocycles. The van der Waals surface area contributed by atoms with Crippen LogP contribution in [0.2, 0.25) is 0 Å². The van der Waals surface area contributed by atoms with E-state index in [0.29, 0.717) is 11.5 Å². The van der Waals surface area contributed by atoms with E-state index in [2.05, 4.69) is 25.1 Å². The number of aromatic nitrogens is 5. The average Bonchev–Trinajstić information content (AvgIpc) is 3.02. The van der Waals surface area contributed by atoms with Crippen LogP contribution in [0.4, 0.5) is 0 Å². The molecule has 0 fully saturated rings. The molecule has 17 heavy (non-hydrogen) atoms. The van der Waals surface area contributed by atoms with Gasteiger partial charge in [-0.15, -0.1) is 0 Å². The van der Waals surface area contributed by atoms with Gasteiger partial charge in [-0.25, -0.2) is 9.97 Å². The highest BCUT2D eigenvalue weighted by atomic mass is 15.2. The van der Waals surface area contributed by atoms with Gasteiger partial charge < -0.3 is 0 Å². The van der Waals surface area contributed by atoms with Gasteiger partial charge in [0.25, 0.3) is 0 Å². The van der Waals surface area contributed by atoms with E-state index in [1.807, 2.05) is 0 Å². The van der Waals surface area contributed by atoms with E-state index in [1.54, 1.807) is 0 Å². The minimum absolute atomic E-state index is 0.0117. The Kier molecular flexibility index (Phi) is 1.38. The molecule has 3 rings (SSSR count). The minimum atomic E-state index is -0.455. The molecule has 0 radical (unpaired) electrons. The lowest BCUT2D eigenvalue weighted by atomic mass is 10.2. The Morgan fingerprint density at radius 3 is 2.76 bits per heavy atom. The van der Waals surface area contributed by atoms with Crippen molar-refractivity contribution in [3.63, 3.8) is 0 Å². The van der Waals surface area contributed by atoms with Crippen molar-refractivity contribution in [2.45, 2.75) is 0 Å². The first-order chi connectivity index (χ1) is 10.5.